The van der Waals surface area contributed by atoms with E-state index in [0.717, 1.165) is 24.0 Å². The number of hydrogen-bond acceptors (Lipinski definition) is 3. The Morgan fingerprint density at radius 1 is 0.970 bits per heavy atom. The molecule has 0 aliphatic heterocycles. The minimum atomic E-state index is -0.723. The molecule has 33 heavy (non-hydrogen) atoms. The van der Waals surface area contributed by atoms with Crippen molar-refractivity contribution >= 4 is 12.2 Å². The number of oxime groups is 1. The van der Waals surface area contributed by atoms with Crippen LogP contribution in [0.1, 0.15) is 55.8 Å². The Labute approximate surface area is 196 Å². The number of nitrogens with zero attached hydrogens (tertiary/aromatic N) is 1. The van der Waals surface area contributed by atoms with Crippen LogP contribution in [-0.4, -0.2) is 17.3 Å². The van der Waals surface area contributed by atoms with E-state index in [1.165, 1.54) is 12.8 Å². The van der Waals surface area contributed by atoms with Gasteiger partial charge >= 0.3 is 5.97 Å². The lowest BCUT2D eigenvalue weighted by molar-refractivity contribution is -0.137. The molecule has 3 aliphatic carbocycles. The zero-order valence-corrected chi connectivity index (χ0v) is 19.0. The summed E-state index contributed by atoms with van der Waals surface area (Å²) in [6, 6.07) is 20.5. The van der Waals surface area contributed by atoms with Crippen LogP contribution in [0.4, 0.5) is 0 Å². The molecule has 1 saturated carbocycles. The molecular formula is C29H33NO3. The minimum Gasteiger partial charge on any atom is -0.481 e. The molecule has 0 aromatic heterocycles. The van der Waals surface area contributed by atoms with Crippen LogP contribution < -0.4 is 0 Å². The van der Waals surface area contributed by atoms with Gasteiger partial charge in [0.2, 0.25) is 0 Å². The Morgan fingerprint density at radius 3 is 2.21 bits per heavy atom. The van der Waals surface area contributed by atoms with Crippen LogP contribution in [-0.2, 0) is 9.63 Å². The smallest absolute Gasteiger partial charge is 0.303 e. The number of aliphatic carboxylic acids is 1. The van der Waals surface area contributed by atoms with Gasteiger partial charge in [0.15, 0.2) is 6.10 Å². The topological polar surface area (TPSA) is 58.9 Å². The van der Waals surface area contributed by atoms with Gasteiger partial charge in [-0.15, -0.1) is 0 Å². The number of carboxylic acid groups (broad SMARTS) is 1. The molecule has 5 rings (SSSR count). The predicted octanol–water partition coefficient (Wildman–Crippen LogP) is 6.81. The lowest BCUT2D eigenvalue weighted by Gasteiger charge is -2.43. The molecule has 4 heteroatoms. The first-order valence-electron chi connectivity index (χ1n) is 12.1. The molecule has 0 amide bonds. The predicted molar refractivity (Wildman–Crippen MR) is 132 cm³/mol. The lowest BCUT2D eigenvalue weighted by Crippen LogP contribution is -2.37. The number of fused-ring (bicyclic) bond motifs is 2. The third-order valence-corrected chi connectivity index (χ3v) is 6.92. The second-order valence-corrected chi connectivity index (χ2v) is 9.09. The highest BCUT2D eigenvalue weighted by Gasteiger charge is 2.39. The van der Waals surface area contributed by atoms with Crippen molar-refractivity contribution < 1.29 is 14.7 Å². The van der Waals surface area contributed by atoms with Crippen molar-refractivity contribution in [2.75, 3.05) is 0 Å². The fraction of sp³-hybridized carbons (Fsp3) is 0.379. The van der Waals surface area contributed by atoms with Crippen molar-refractivity contribution in [3.63, 3.8) is 0 Å². The maximum Gasteiger partial charge on any atom is 0.303 e. The summed E-state index contributed by atoms with van der Waals surface area (Å²) in [7, 11) is 0. The number of rotatable bonds is 11. The summed E-state index contributed by atoms with van der Waals surface area (Å²) in [6.45, 7) is 0. The quantitative estimate of drug-likeness (QED) is 0.180. The van der Waals surface area contributed by atoms with Crippen LogP contribution in [0.3, 0.4) is 0 Å². The molecule has 2 aromatic carbocycles. The molecule has 0 unspecified atom stereocenters. The highest BCUT2D eigenvalue weighted by molar-refractivity contribution is 5.66. The summed E-state index contributed by atoms with van der Waals surface area (Å²) in [4.78, 5) is 16.8. The monoisotopic (exact) mass is 443 g/mol. The first kappa shape index (κ1) is 23.0. The van der Waals surface area contributed by atoms with Gasteiger partial charge in [0.1, 0.15) is 0 Å². The summed E-state index contributed by atoms with van der Waals surface area (Å²) in [6.07, 6.45) is 16.1. The second kappa shape index (κ2) is 11.6. The maximum atomic E-state index is 10.7. The maximum absolute atomic E-state index is 10.7. The van der Waals surface area contributed by atoms with Crippen molar-refractivity contribution in [3.8, 4) is 0 Å². The fourth-order valence-corrected chi connectivity index (χ4v) is 5.17. The van der Waals surface area contributed by atoms with E-state index in [4.69, 9.17) is 9.94 Å². The van der Waals surface area contributed by atoms with Gasteiger partial charge in [0.25, 0.3) is 0 Å². The van der Waals surface area contributed by atoms with Gasteiger partial charge in [0, 0.05) is 18.6 Å². The van der Waals surface area contributed by atoms with E-state index in [9.17, 15) is 4.79 Å². The summed E-state index contributed by atoms with van der Waals surface area (Å²) in [5, 5.41) is 13.3. The second-order valence-electron chi connectivity index (χ2n) is 9.09. The van der Waals surface area contributed by atoms with Crippen molar-refractivity contribution in [1.29, 1.82) is 0 Å². The molecule has 4 nitrogen and oxygen atoms in total. The molecule has 2 aromatic rings. The highest BCUT2D eigenvalue weighted by Crippen LogP contribution is 2.45. The Bertz CT molecular complexity index is 927. The van der Waals surface area contributed by atoms with Crippen LogP contribution in [0.15, 0.2) is 90.1 Å². The van der Waals surface area contributed by atoms with Crippen LogP contribution in [0.2, 0.25) is 0 Å². The molecule has 0 radical (unpaired) electrons. The van der Waals surface area contributed by atoms with Crippen LogP contribution in [0.25, 0.3) is 0 Å². The van der Waals surface area contributed by atoms with Crippen LogP contribution >= 0.6 is 0 Å². The molecule has 172 valence electrons. The number of unbranched alkanes of at least 4 members (excludes halogenated alkanes) is 1. The minimum absolute atomic E-state index is 0.229. The van der Waals surface area contributed by atoms with Gasteiger partial charge < -0.3 is 9.94 Å². The number of carboxylic acids is 1. The van der Waals surface area contributed by atoms with E-state index >= 15 is 0 Å². The molecule has 1 N–H and O–H groups in total. The van der Waals surface area contributed by atoms with Gasteiger partial charge in [-0.3, -0.25) is 4.79 Å². The van der Waals surface area contributed by atoms with Crippen molar-refractivity contribution in [1.82, 2.24) is 0 Å². The molecule has 3 aliphatic rings. The van der Waals surface area contributed by atoms with Crippen molar-refractivity contribution in [2.45, 2.75) is 44.6 Å². The summed E-state index contributed by atoms with van der Waals surface area (Å²) in [5.74, 6) is 1.25. The van der Waals surface area contributed by atoms with E-state index in [2.05, 4.69) is 53.7 Å². The van der Waals surface area contributed by atoms with E-state index in [1.807, 2.05) is 42.6 Å². The third-order valence-electron chi connectivity index (χ3n) is 6.92. The summed E-state index contributed by atoms with van der Waals surface area (Å²) in [5.41, 5.74) is 2.18. The van der Waals surface area contributed by atoms with E-state index in [-0.39, 0.29) is 12.5 Å². The molecular weight excluding hydrogens is 410 g/mol. The Balaban J connectivity index is 1.42. The largest absolute Gasteiger partial charge is 0.481 e. The molecule has 0 saturated heterocycles. The normalized spacial score (nSPS) is 24.2. The Kier molecular flexibility index (Phi) is 8.13. The lowest BCUT2D eigenvalue weighted by atomic mass is 9.62. The van der Waals surface area contributed by atoms with E-state index in [0.29, 0.717) is 30.1 Å². The number of benzene rings is 2. The summed E-state index contributed by atoms with van der Waals surface area (Å²) < 4.78 is 0. The SMILES string of the molecule is O=C(O)CCC/C=C\C[C@H]1[C@H](/C=N/OC(c2ccccc2)c2ccccc2)[C@H]2C=C[C@@H]1CC2. The van der Waals surface area contributed by atoms with Gasteiger partial charge in [-0.2, -0.15) is 0 Å². The fourth-order valence-electron chi connectivity index (χ4n) is 5.17. The average Bonchev–Trinajstić information content (AvgIpc) is 2.86. The van der Waals surface area contributed by atoms with Crippen LogP contribution in [0, 0.1) is 23.7 Å². The number of hydrogen-bond donors (Lipinski definition) is 1. The van der Waals surface area contributed by atoms with Gasteiger partial charge in [-0.1, -0.05) is 90.1 Å². The standard InChI is InChI=1S/C29H33NO3/c31-28(32)16-10-2-1-9-15-26-22-17-19-23(20-18-22)27(26)21-30-33-29(24-11-5-3-6-12-24)25-13-7-4-8-14-25/h1,3-9,11-14,17,19,21-23,26-27,29H,2,10,15-16,18,20H2,(H,31,32)/b9-1-,30-21+/t22-,23+,26-,27-/m1/s1. The molecule has 1 fully saturated rings. The zero-order chi connectivity index (χ0) is 22.9. The van der Waals surface area contributed by atoms with Crippen molar-refractivity contribution in [3.05, 3.63) is 96.1 Å². The number of allylic oxidation sites excluding steroid dienone is 4. The van der Waals surface area contributed by atoms with Gasteiger partial charge in [-0.05, 0) is 61.0 Å². The zero-order valence-electron chi connectivity index (χ0n) is 19.0. The first-order valence-corrected chi connectivity index (χ1v) is 12.1. The summed E-state index contributed by atoms with van der Waals surface area (Å²) >= 11 is 0. The van der Waals surface area contributed by atoms with E-state index < -0.39 is 5.97 Å². The van der Waals surface area contributed by atoms with Crippen molar-refractivity contribution in [2.24, 2.45) is 28.8 Å². The third kappa shape index (κ3) is 6.22. The first-order chi connectivity index (χ1) is 16.2. The highest BCUT2D eigenvalue weighted by atomic mass is 16.6. The average molecular weight is 444 g/mol. The molecule has 4 atom stereocenters. The number of carbonyl (C=O) groups is 1. The molecule has 0 heterocycles. The molecule has 2 bridgehead atoms. The van der Waals surface area contributed by atoms with E-state index in [1.54, 1.807) is 0 Å². The molecule has 0 spiro atoms. The Hall–Kier alpha value is -3.14. The van der Waals surface area contributed by atoms with Crippen LogP contribution in [0.5, 0.6) is 0 Å². The van der Waals surface area contributed by atoms with Gasteiger partial charge in [0.05, 0.1) is 0 Å². The Morgan fingerprint density at radius 2 is 1.61 bits per heavy atom. The van der Waals surface area contributed by atoms with Gasteiger partial charge in [-0.25, -0.2) is 0 Å².